The quantitative estimate of drug-likeness (QED) is 0.842. The molecule has 1 aliphatic rings. The third-order valence-corrected chi connectivity index (χ3v) is 3.91. The Labute approximate surface area is 127 Å². The van der Waals surface area contributed by atoms with Crippen molar-refractivity contribution in [1.82, 2.24) is 15.3 Å². The summed E-state index contributed by atoms with van der Waals surface area (Å²) in [4.78, 5) is 8.55. The molecule has 0 radical (unpaired) electrons. The van der Waals surface area contributed by atoms with Gasteiger partial charge < -0.3 is 5.32 Å². The highest BCUT2D eigenvalue weighted by molar-refractivity contribution is 9.10. The highest BCUT2D eigenvalue weighted by Crippen LogP contribution is 2.38. The molecule has 110 valence electrons. The second kappa shape index (κ2) is 5.06. The van der Waals surface area contributed by atoms with Gasteiger partial charge in [0.05, 0.1) is 11.3 Å². The van der Waals surface area contributed by atoms with Gasteiger partial charge in [0.15, 0.2) is 5.82 Å². The average molecular weight is 358 g/mol. The van der Waals surface area contributed by atoms with Crippen molar-refractivity contribution in [3.63, 3.8) is 0 Å². The van der Waals surface area contributed by atoms with Crippen LogP contribution in [-0.4, -0.2) is 9.97 Å². The molecule has 3 nitrogen and oxygen atoms in total. The van der Waals surface area contributed by atoms with Crippen molar-refractivity contribution in [1.29, 1.82) is 0 Å². The SMILES string of the molecule is Cc1nc(-c2ccc(Br)cc2C(F)(F)F)nc2c1CNC2. The molecule has 0 saturated heterocycles. The van der Waals surface area contributed by atoms with Crippen molar-refractivity contribution in [2.45, 2.75) is 26.2 Å². The molecule has 0 fully saturated rings. The predicted molar refractivity (Wildman–Crippen MR) is 75.5 cm³/mol. The fourth-order valence-electron chi connectivity index (χ4n) is 2.40. The van der Waals surface area contributed by atoms with Gasteiger partial charge in [-0.2, -0.15) is 13.2 Å². The Bertz CT molecular complexity index is 713. The van der Waals surface area contributed by atoms with Crippen molar-refractivity contribution >= 4 is 15.9 Å². The topological polar surface area (TPSA) is 37.8 Å². The van der Waals surface area contributed by atoms with Crippen LogP contribution in [0.15, 0.2) is 22.7 Å². The summed E-state index contributed by atoms with van der Waals surface area (Å²) in [6.45, 7) is 3.01. The fourth-order valence-corrected chi connectivity index (χ4v) is 2.77. The van der Waals surface area contributed by atoms with Crippen molar-refractivity contribution in [2.75, 3.05) is 0 Å². The first kappa shape index (κ1) is 14.5. The Morgan fingerprint density at radius 1 is 1.19 bits per heavy atom. The Morgan fingerprint density at radius 2 is 1.95 bits per heavy atom. The lowest BCUT2D eigenvalue weighted by atomic mass is 10.1. The van der Waals surface area contributed by atoms with E-state index in [9.17, 15) is 13.2 Å². The number of aryl methyl sites for hydroxylation is 1. The first-order chi connectivity index (χ1) is 9.86. The minimum atomic E-state index is -4.45. The van der Waals surface area contributed by atoms with Crippen LogP contribution in [0.2, 0.25) is 0 Å². The largest absolute Gasteiger partial charge is 0.417 e. The molecule has 21 heavy (non-hydrogen) atoms. The number of nitrogens with zero attached hydrogens (tertiary/aromatic N) is 2. The van der Waals surface area contributed by atoms with Crippen molar-refractivity contribution in [2.24, 2.45) is 0 Å². The molecule has 0 saturated carbocycles. The molecular formula is C14H11BrF3N3. The minimum Gasteiger partial charge on any atom is -0.307 e. The molecule has 2 aromatic rings. The Kier molecular flexibility index (Phi) is 3.49. The standard InChI is InChI=1S/C14H11BrF3N3/c1-7-10-5-19-6-12(10)21-13(20-7)9-3-2-8(15)4-11(9)14(16,17)18/h2-4,19H,5-6H2,1H3. The van der Waals surface area contributed by atoms with E-state index in [1.807, 2.05) is 0 Å². The van der Waals surface area contributed by atoms with Crippen molar-refractivity contribution in [3.8, 4) is 11.4 Å². The van der Waals surface area contributed by atoms with E-state index in [1.54, 1.807) is 13.0 Å². The number of hydrogen-bond donors (Lipinski definition) is 1. The normalized spacial score (nSPS) is 14.3. The van der Waals surface area contributed by atoms with Gasteiger partial charge >= 0.3 is 6.18 Å². The van der Waals surface area contributed by atoms with Crippen LogP contribution >= 0.6 is 15.9 Å². The Hall–Kier alpha value is -1.47. The lowest BCUT2D eigenvalue weighted by Gasteiger charge is -2.13. The predicted octanol–water partition coefficient (Wildman–Crippen LogP) is 3.84. The summed E-state index contributed by atoms with van der Waals surface area (Å²) in [5.74, 6) is 0.120. The van der Waals surface area contributed by atoms with E-state index in [1.165, 1.54) is 6.07 Å². The number of nitrogens with one attached hydrogen (secondary N) is 1. The molecule has 0 amide bonds. The third kappa shape index (κ3) is 2.67. The van der Waals surface area contributed by atoms with E-state index in [0.29, 0.717) is 17.6 Å². The van der Waals surface area contributed by atoms with Gasteiger partial charge in [-0.15, -0.1) is 0 Å². The smallest absolute Gasteiger partial charge is 0.307 e. The summed E-state index contributed by atoms with van der Waals surface area (Å²) in [7, 11) is 0. The van der Waals surface area contributed by atoms with E-state index in [4.69, 9.17) is 0 Å². The molecule has 1 N–H and O–H groups in total. The van der Waals surface area contributed by atoms with Crippen LogP contribution in [0.5, 0.6) is 0 Å². The maximum Gasteiger partial charge on any atom is 0.417 e. The maximum absolute atomic E-state index is 13.2. The first-order valence-corrected chi connectivity index (χ1v) is 7.10. The van der Waals surface area contributed by atoms with Crippen LogP contribution in [0.3, 0.4) is 0 Å². The molecule has 0 atom stereocenters. The number of halogens is 4. The van der Waals surface area contributed by atoms with Gasteiger partial charge in [-0.25, -0.2) is 9.97 Å². The minimum absolute atomic E-state index is 0.00324. The summed E-state index contributed by atoms with van der Waals surface area (Å²) in [5, 5.41) is 3.13. The second-order valence-electron chi connectivity index (χ2n) is 4.85. The average Bonchev–Trinajstić information content (AvgIpc) is 2.86. The molecule has 0 bridgehead atoms. The molecular weight excluding hydrogens is 347 g/mol. The van der Waals surface area contributed by atoms with Gasteiger partial charge in [-0.05, 0) is 25.1 Å². The molecule has 0 unspecified atom stereocenters. The van der Waals surface area contributed by atoms with Gasteiger partial charge in [0.25, 0.3) is 0 Å². The van der Waals surface area contributed by atoms with Crippen molar-refractivity contribution in [3.05, 3.63) is 45.2 Å². The van der Waals surface area contributed by atoms with Crippen LogP contribution in [0.4, 0.5) is 13.2 Å². The second-order valence-corrected chi connectivity index (χ2v) is 5.76. The highest BCUT2D eigenvalue weighted by atomic mass is 79.9. The summed E-state index contributed by atoms with van der Waals surface area (Å²) in [5.41, 5.74) is 1.74. The maximum atomic E-state index is 13.2. The third-order valence-electron chi connectivity index (χ3n) is 3.42. The molecule has 1 aromatic heterocycles. The van der Waals surface area contributed by atoms with Crippen LogP contribution in [-0.2, 0) is 19.3 Å². The lowest BCUT2D eigenvalue weighted by Crippen LogP contribution is -2.09. The van der Waals surface area contributed by atoms with Gasteiger partial charge in [-0.3, -0.25) is 0 Å². The van der Waals surface area contributed by atoms with E-state index in [-0.39, 0.29) is 11.4 Å². The number of alkyl halides is 3. The van der Waals surface area contributed by atoms with Crippen LogP contribution in [0.25, 0.3) is 11.4 Å². The zero-order valence-corrected chi connectivity index (χ0v) is 12.6. The van der Waals surface area contributed by atoms with Crippen molar-refractivity contribution < 1.29 is 13.2 Å². The highest BCUT2D eigenvalue weighted by Gasteiger charge is 2.35. The molecule has 0 spiro atoms. The molecule has 2 heterocycles. The van der Waals surface area contributed by atoms with Gasteiger partial charge in [0.2, 0.25) is 0 Å². The molecule has 0 aliphatic carbocycles. The van der Waals surface area contributed by atoms with Gasteiger partial charge in [-0.1, -0.05) is 15.9 Å². The summed E-state index contributed by atoms with van der Waals surface area (Å²) in [6.07, 6.45) is -4.45. The fraction of sp³-hybridized carbons (Fsp3) is 0.286. The summed E-state index contributed by atoms with van der Waals surface area (Å²) < 4.78 is 40.0. The van der Waals surface area contributed by atoms with E-state index in [2.05, 4.69) is 31.2 Å². The molecule has 7 heteroatoms. The number of aromatic nitrogens is 2. The van der Waals surface area contributed by atoms with Crippen LogP contribution in [0.1, 0.15) is 22.5 Å². The number of rotatable bonds is 1. The lowest BCUT2D eigenvalue weighted by molar-refractivity contribution is -0.137. The number of fused-ring (bicyclic) bond motifs is 1. The van der Waals surface area contributed by atoms with Gasteiger partial charge in [0, 0.05) is 34.4 Å². The van der Waals surface area contributed by atoms with Crippen LogP contribution in [0, 0.1) is 6.92 Å². The summed E-state index contributed by atoms with van der Waals surface area (Å²) in [6, 6.07) is 4.02. The number of hydrogen-bond acceptors (Lipinski definition) is 3. The Balaban J connectivity index is 2.20. The van der Waals surface area contributed by atoms with E-state index in [0.717, 1.165) is 23.0 Å². The Morgan fingerprint density at radius 3 is 2.67 bits per heavy atom. The first-order valence-electron chi connectivity index (χ1n) is 6.30. The van der Waals surface area contributed by atoms with Crippen LogP contribution < -0.4 is 5.32 Å². The zero-order chi connectivity index (χ0) is 15.2. The molecule has 3 rings (SSSR count). The van der Waals surface area contributed by atoms with E-state index < -0.39 is 11.7 Å². The monoisotopic (exact) mass is 357 g/mol. The van der Waals surface area contributed by atoms with Gasteiger partial charge in [0.1, 0.15) is 0 Å². The molecule has 1 aromatic carbocycles. The zero-order valence-electron chi connectivity index (χ0n) is 11.1. The number of benzene rings is 1. The summed E-state index contributed by atoms with van der Waals surface area (Å²) >= 11 is 3.07. The molecule has 1 aliphatic heterocycles. The van der Waals surface area contributed by atoms with E-state index >= 15 is 0 Å².